The number of rotatable bonds is 9. The van der Waals surface area contributed by atoms with Crippen molar-refractivity contribution in [2.75, 3.05) is 54.4 Å². The summed E-state index contributed by atoms with van der Waals surface area (Å²) in [4.78, 5) is 27.2. The van der Waals surface area contributed by atoms with Gasteiger partial charge in [-0.1, -0.05) is 93.3 Å². The van der Waals surface area contributed by atoms with Gasteiger partial charge in [0.05, 0.1) is 22.1 Å². The molecule has 8 aromatic heterocycles. The van der Waals surface area contributed by atoms with Gasteiger partial charge in [-0.2, -0.15) is 0 Å². The van der Waals surface area contributed by atoms with E-state index < -0.39 is 0 Å². The molecule has 0 amide bonds. The summed E-state index contributed by atoms with van der Waals surface area (Å²) in [5.74, 6) is 0. The van der Waals surface area contributed by atoms with E-state index in [1.807, 2.05) is 44.1 Å². The van der Waals surface area contributed by atoms with Crippen LogP contribution in [0.3, 0.4) is 0 Å². The van der Waals surface area contributed by atoms with Crippen molar-refractivity contribution in [3.05, 3.63) is 259 Å². The lowest BCUT2D eigenvalue weighted by molar-refractivity contribution is 0.232. The molecule has 0 saturated carbocycles. The minimum absolute atomic E-state index is 0.0948. The SMILES string of the molecule is C/C(=C\n1c2c(c3cc(C)ccc31)CN(C)CC2(C)C)c1ccc(C)nc1.C/C(=C\n1c2c(c3cc(C)ccc31)CN(C)CC2(C)C)c1ccncc1.C/C(=C\n1c2c(c3cc(C)ccc31)CN(C)CC2)c1cnccc1C.CCc1ccc(/C(C)=C/n2c3c(c4cc(C)ccc42)CN(C)CC3)cn1. The highest BCUT2D eigenvalue weighted by Gasteiger charge is 2.37. The number of nitrogens with zero attached hydrogens (tertiary/aromatic N) is 12. The maximum absolute atomic E-state index is 4.56. The minimum Gasteiger partial charge on any atom is -0.320 e. The molecule has 0 spiro atoms. The summed E-state index contributed by atoms with van der Waals surface area (Å²) in [6.07, 6.45) is 23.9. The molecule has 4 aliphatic heterocycles. The van der Waals surface area contributed by atoms with E-state index in [9.17, 15) is 0 Å². The summed E-state index contributed by atoms with van der Waals surface area (Å²) in [6.45, 7) is 41.6. The Hall–Kier alpha value is -9.56. The summed E-state index contributed by atoms with van der Waals surface area (Å²) in [5.41, 5.74) is 35.7. The number of benzene rings is 4. The largest absolute Gasteiger partial charge is 0.320 e. The Labute approximate surface area is 618 Å². The fraction of sp³-hybridized carbons (Fsp3) is 0.348. The van der Waals surface area contributed by atoms with E-state index in [1.165, 1.54) is 161 Å². The van der Waals surface area contributed by atoms with Crippen LogP contribution in [-0.2, 0) is 56.3 Å². The number of fused-ring (bicyclic) bond motifs is 12. The van der Waals surface area contributed by atoms with Crippen molar-refractivity contribution < 1.29 is 0 Å². The highest BCUT2D eigenvalue weighted by Crippen LogP contribution is 2.43. The maximum Gasteiger partial charge on any atom is 0.0529 e. The van der Waals surface area contributed by atoms with Crippen molar-refractivity contribution in [3.8, 4) is 0 Å². The average Bonchev–Trinajstić information content (AvgIpc) is 1.57. The fourth-order valence-electron chi connectivity index (χ4n) is 16.9. The molecular weight excluding hydrogens is 1270 g/mol. The lowest BCUT2D eigenvalue weighted by atomic mass is 9.82. The molecule has 12 heteroatoms. The van der Waals surface area contributed by atoms with Crippen molar-refractivity contribution in [2.45, 2.75) is 160 Å². The predicted molar refractivity (Wildman–Crippen MR) is 441 cm³/mol. The molecule has 0 saturated heterocycles. The zero-order valence-electron chi connectivity index (χ0n) is 65.4. The van der Waals surface area contributed by atoms with Gasteiger partial charge >= 0.3 is 0 Å². The molecule has 0 atom stereocenters. The smallest absolute Gasteiger partial charge is 0.0529 e. The molecule has 0 radical (unpaired) electrons. The zero-order valence-corrected chi connectivity index (χ0v) is 65.4. The number of likely N-dealkylation sites (N-methyl/N-ethyl adjacent to an activating group) is 4. The van der Waals surface area contributed by atoms with Crippen molar-refractivity contribution >= 4 is 90.7 Å². The van der Waals surface area contributed by atoms with Gasteiger partial charge in [0.2, 0.25) is 0 Å². The van der Waals surface area contributed by atoms with Crippen molar-refractivity contribution in [3.63, 3.8) is 0 Å². The molecule has 536 valence electrons. The number of aryl methyl sites for hydroxylation is 7. The Bertz CT molecular complexity index is 5310. The molecule has 0 aliphatic carbocycles. The third-order valence-corrected chi connectivity index (χ3v) is 22.0. The molecule has 0 bridgehead atoms. The van der Waals surface area contributed by atoms with Gasteiger partial charge in [0, 0.05) is 199 Å². The zero-order chi connectivity index (χ0) is 73.6. The average molecular weight is 1380 g/mol. The van der Waals surface area contributed by atoms with E-state index >= 15 is 0 Å². The van der Waals surface area contributed by atoms with E-state index in [1.54, 1.807) is 0 Å². The second-order valence-electron chi connectivity index (χ2n) is 31.9. The molecule has 12 aromatic rings. The van der Waals surface area contributed by atoms with E-state index in [2.05, 4.69) is 323 Å². The maximum atomic E-state index is 4.56. The summed E-state index contributed by atoms with van der Waals surface area (Å²) >= 11 is 0. The first-order valence-electron chi connectivity index (χ1n) is 37.4. The van der Waals surface area contributed by atoms with Gasteiger partial charge in [0.15, 0.2) is 0 Å². The van der Waals surface area contributed by atoms with Crippen LogP contribution < -0.4 is 0 Å². The van der Waals surface area contributed by atoms with Crippen molar-refractivity contribution in [1.29, 1.82) is 0 Å². The highest BCUT2D eigenvalue weighted by atomic mass is 15.2. The third kappa shape index (κ3) is 14.9. The number of hydrogen-bond donors (Lipinski definition) is 0. The van der Waals surface area contributed by atoms with Crippen LogP contribution in [0, 0.1) is 41.5 Å². The monoisotopic (exact) mass is 1380 g/mol. The van der Waals surface area contributed by atoms with Crippen LogP contribution in [0.15, 0.2) is 152 Å². The number of aromatic nitrogens is 8. The minimum atomic E-state index is 0.0948. The van der Waals surface area contributed by atoms with Crippen LogP contribution in [0.1, 0.15) is 169 Å². The van der Waals surface area contributed by atoms with Gasteiger partial charge in [-0.05, 0) is 250 Å². The number of hydrogen-bond acceptors (Lipinski definition) is 8. The van der Waals surface area contributed by atoms with Gasteiger partial charge in [-0.25, -0.2) is 0 Å². The quantitative estimate of drug-likeness (QED) is 0.141. The van der Waals surface area contributed by atoms with Gasteiger partial charge < -0.3 is 37.9 Å². The van der Waals surface area contributed by atoms with Crippen LogP contribution in [0.2, 0.25) is 0 Å². The second-order valence-corrected chi connectivity index (χ2v) is 31.9. The predicted octanol–water partition coefficient (Wildman–Crippen LogP) is 20.1. The van der Waals surface area contributed by atoms with Gasteiger partial charge in [0.25, 0.3) is 0 Å². The normalized spacial score (nSPS) is 16.5. The first kappa shape index (κ1) is 72.8. The first-order chi connectivity index (χ1) is 49.7. The van der Waals surface area contributed by atoms with Crippen LogP contribution in [0.4, 0.5) is 0 Å². The van der Waals surface area contributed by atoms with E-state index in [0.29, 0.717) is 0 Å². The Morgan fingerprint density at radius 2 is 0.798 bits per heavy atom. The van der Waals surface area contributed by atoms with Gasteiger partial charge in [-0.3, -0.25) is 19.9 Å². The molecule has 12 nitrogen and oxygen atoms in total. The number of pyridine rings is 4. The highest BCUT2D eigenvalue weighted by molar-refractivity contribution is 5.94. The number of allylic oxidation sites excluding steroid dienone is 4. The fourth-order valence-corrected chi connectivity index (χ4v) is 16.9. The van der Waals surface area contributed by atoms with Gasteiger partial charge in [-0.15, -0.1) is 0 Å². The van der Waals surface area contributed by atoms with Crippen LogP contribution in [-0.4, -0.2) is 112 Å². The van der Waals surface area contributed by atoms with E-state index in [0.717, 1.165) is 83.0 Å². The lowest BCUT2D eigenvalue weighted by Crippen LogP contribution is -2.40. The Kier molecular flexibility index (Phi) is 20.9. The van der Waals surface area contributed by atoms with Crippen molar-refractivity contribution in [2.24, 2.45) is 0 Å². The Morgan fingerprint density at radius 3 is 1.22 bits per heavy atom. The molecule has 0 unspecified atom stereocenters. The van der Waals surface area contributed by atoms with E-state index in [-0.39, 0.29) is 10.8 Å². The van der Waals surface area contributed by atoms with Gasteiger partial charge in [0.1, 0.15) is 0 Å². The summed E-state index contributed by atoms with van der Waals surface area (Å²) in [5, 5.41) is 5.57. The summed E-state index contributed by atoms with van der Waals surface area (Å²) in [7, 11) is 8.87. The summed E-state index contributed by atoms with van der Waals surface area (Å²) in [6, 6.07) is 42.1. The molecule has 12 heterocycles. The molecule has 4 aromatic carbocycles. The van der Waals surface area contributed by atoms with E-state index in [4.69, 9.17) is 0 Å². The lowest BCUT2D eigenvalue weighted by Gasteiger charge is -2.37. The molecule has 16 rings (SSSR count). The van der Waals surface area contributed by atoms with Crippen LogP contribution in [0.5, 0.6) is 0 Å². The van der Waals surface area contributed by atoms with Crippen molar-refractivity contribution in [1.82, 2.24) is 57.8 Å². The van der Waals surface area contributed by atoms with Crippen LogP contribution >= 0.6 is 0 Å². The van der Waals surface area contributed by atoms with Crippen LogP contribution in [0.25, 0.3) is 90.7 Å². The standard InChI is InChI=1S/C24H29N3.2C23H27N3.C22H25N3/c1-16-7-10-22-20(11-16)21-14-26(6)15-24(4,5)23(21)27(22)13-17(2)19-9-8-18(3)25-12-19;1-16-6-7-21-19(12-16)20-14-25(5)15-23(3,4)22(20)26(21)13-17(2)18-8-10-24-11-9-18;1-5-19-8-7-18(13-24-19)17(3)14-26-22-9-6-16(2)12-20(22)21-15-25(4)11-10-23(21)26;1-15-5-6-21-18(11-15)20-14-24(4)10-8-22(20)25(21)13-17(3)19-12-23-9-7-16(19)2/h7-13H,14-15H2,1-6H3;6-13H,14-15H2,1-5H3;6-9,12-14H,5,10-11,15H2,1-4H3;5-7,9,11-13H,8,10,14H2,1-4H3/b2*17-13+;17-14+;17-13+. The molecule has 0 fully saturated rings. The first-order valence-corrected chi connectivity index (χ1v) is 37.4. The molecular formula is C92H108N12. The Balaban J connectivity index is 0.000000123. The topological polar surface area (TPSA) is 84.2 Å². The second kappa shape index (κ2) is 29.9. The Morgan fingerprint density at radius 1 is 0.404 bits per heavy atom. The molecule has 0 N–H and O–H groups in total. The summed E-state index contributed by atoms with van der Waals surface area (Å²) < 4.78 is 9.71. The molecule has 4 aliphatic rings. The third-order valence-electron chi connectivity index (χ3n) is 22.0. The molecule has 104 heavy (non-hydrogen) atoms.